The molecule has 1 amide bonds. The molecular formula is C38H56N11O14P2S2W-. The number of imidazole rings is 1. The van der Waals surface area contributed by atoms with E-state index < -0.39 is 52.8 Å². The molecule has 5 unspecified atom stereocenters. The van der Waals surface area contributed by atoms with Crippen molar-refractivity contribution in [1.29, 1.82) is 0 Å². The number of aromatic nitrogens is 6. The maximum Gasteiger partial charge on any atom is 0.469 e. The van der Waals surface area contributed by atoms with Gasteiger partial charge in [-0.25, -0.2) is 30.6 Å². The number of rotatable bonds is 13. The minimum atomic E-state index is -4.58. The van der Waals surface area contributed by atoms with E-state index in [1.54, 1.807) is 19.3 Å². The molecule has 12 N–H and O–H groups in total. The number of phosphoric ester groups is 1. The van der Waals surface area contributed by atoms with Gasteiger partial charge in [0, 0.05) is 66.6 Å². The van der Waals surface area contributed by atoms with Crippen LogP contribution in [-0.4, -0.2) is 145 Å². The van der Waals surface area contributed by atoms with Crippen molar-refractivity contribution >= 4 is 91.5 Å². The molecule has 6 atom stereocenters. The van der Waals surface area contributed by atoms with Gasteiger partial charge in [0.25, 0.3) is 5.91 Å². The normalized spacial score (nSPS) is 20.8. The Morgan fingerprint density at radius 3 is 2.31 bits per heavy atom. The largest absolute Gasteiger partial charge is 0.540 e. The number of ether oxygens (including phenoxy) is 2. The molecule has 3 fully saturated rings. The molecule has 0 saturated carbocycles. The van der Waals surface area contributed by atoms with Gasteiger partial charge in [0.2, 0.25) is 0 Å². The predicted molar refractivity (Wildman–Crippen MR) is 254 cm³/mol. The Bertz CT molecular complexity index is 2370. The van der Waals surface area contributed by atoms with Crippen molar-refractivity contribution in [3.05, 3.63) is 70.1 Å². The third-order valence-electron chi connectivity index (χ3n) is 8.99. The van der Waals surface area contributed by atoms with Crippen LogP contribution in [0.2, 0.25) is 0 Å². The van der Waals surface area contributed by atoms with Gasteiger partial charge in [-0.15, -0.1) is 0 Å². The fourth-order valence-corrected chi connectivity index (χ4v) is 7.98. The van der Waals surface area contributed by atoms with Crippen LogP contribution in [0.25, 0.3) is 17.2 Å². The molecular weight excluding hydrogens is 1140 g/mol. The molecule has 1 aromatic carbocycles. The number of hydrogen-bond donors (Lipinski definition) is 9. The van der Waals surface area contributed by atoms with Crippen LogP contribution < -0.4 is 27.8 Å². The number of hydrogen-bond acceptors (Lipinski definition) is 22. The van der Waals surface area contributed by atoms with E-state index in [0.29, 0.717) is 33.2 Å². The molecule has 3 saturated heterocycles. The third kappa shape index (κ3) is 18.6. The Balaban J connectivity index is 0.000000333. The summed E-state index contributed by atoms with van der Waals surface area (Å²) in [5, 5.41) is 17.7. The number of thiocarbonyl (C=S) groups is 1. The molecule has 376 valence electrons. The number of anilines is 3. The summed E-state index contributed by atoms with van der Waals surface area (Å²) in [7, 11) is -3.02. The number of nitrogen functional groups attached to an aromatic ring is 2. The van der Waals surface area contributed by atoms with E-state index in [0.717, 1.165) is 11.3 Å². The second kappa shape index (κ2) is 29.5. The minimum Gasteiger partial charge on any atom is -0.540 e. The first-order chi connectivity index (χ1) is 31.7. The number of thioether (sulfide) groups is 1. The SMILES string of the molecule is CC.CCO.CN(C)c1ccc(/C=C2/SC(=S)N(CC(N)[C-]=O)C2=O)cc1.Nc1ccn(C2CCC(COP(O)O)O2)c(=O)n1.Nc1ncnc2c1ncn2C1OC(COP(=O)(O)O)C[C@H]1O.[W]. The van der Waals surface area contributed by atoms with Gasteiger partial charge in [0.15, 0.2) is 17.7 Å². The Morgan fingerprint density at radius 2 is 1.72 bits per heavy atom. The van der Waals surface area contributed by atoms with Crippen LogP contribution in [0.1, 0.15) is 58.1 Å². The van der Waals surface area contributed by atoms with Crippen LogP contribution in [0.3, 0.4) is 0 Å². The third-order valence-corrected chi connectivity index (χ3v) is 11.2. The van der Waals surface area contributed by atoms with Gasteiger partial charge >= 0.3 is 22.1 Å². The maximum atomic E-state index is 12.3. The van der Waals surface area contributed by atoms with Crippen LogP contribution >= 0.6 is 40.4 Å². The monoisotopic (exact) mass is 1200 g/mol. The van der Waals surface area contributed by atoms with Crippen molar-refractivity contribution in [2.24, 2.45) is 5.73 Å². The predicted octanol–water partition coefficient (Wildman–Crippen LogP) is 1.31. The Morgan fingerprint density at radius 1 is 1.06 bits per heavy atom. The first-order valence-electron chi connectivity index (χ1n) is 20.3. The van der Waals surface area contributed by atoms with Crippen molar-refractivity contribution in [2.75, 3.05) is 56.8 Å². The summed E-state index contributed by atoms with van der Waals surface area (Å²) >= 11 is 6.38. The van der Waals surface area contributed by atoms with Crippen molar-refractivity contribution in [1.82, 2.24) is 34.0 Å². The van der Waals surface area contributed by atoms with E-state index in [1.165, 1.54) is 50.7 Å². The fraction of sp³-hybridized carbons (Fsp3) is 0.474. The molecule has 7 rings (SSSR count). The van der Waals surface area contributed by atoms with E-state index in [4.69, 9.17) is 63.6 Å². The van der Waals surface area contributed by atoms with Gasteiger partial charge in [-0.05, 0) is 49.6 Å². The summed E-state index contributed by atoms with van der Waals surface area (Å²) in [6.07, 6.45) is 6.07. The molecule has 30 heteroatoms. The number of amides is 1. The first kappa shape index (κ1) is 60.4. The first-order valence-corrected chi connectivity index (χ1v) is 24.2. The zero-order valence-electron chi connectivity index (χ0n) is 37.5. The molecule has 3 aliphatic rings. The Kier molecular flexibility index (Phi) is 26.2. The number of nitrogens with two attached hydrogens (primary N) is 3. The molecule has 0 bridgehead atoms. The van der Waals surface area contributed by atoms with Crippen LogP contribution in [0.5, 0.6) is 0 Å². The van der Waals surface area contributed by atoms with Gasteiger partial charge < -0.3 is 70.7 Å². The zero-order valence-corrected chi connectivity index (χ0v) is 43.8. The number of nitrogens with zero attached hydrogens (tertiary/aromatic N) is 8. The zero-order chi connectivity index (χ0) is 50.0. The second-order valence-electron chi connectivity index (χ2n) is 14.0. The molecule has 4 aromatic rings. The molecule has 3 aliphatic heterocycles. The fourth-order valence-electron chi connectivity index (χ4n) is 6.04. The van der Waals surface area contributed by atoms with Crippen molar-refractivity contribution in [3.8, 4) is 0 Å². The minimum absolute atomic E-state index is 0. The second-order valence-corrected chi connectivity index (χ2v) is 17.7. The van der Waals surface area contributed by atoms with Gasteiger partial charge in [0.05, 0.1) is 36.7 Å². The molecule has 0 radical (unpaired) electrons. The number of carbonyl (C=O) groups excluding carboxylic acids is 2. The number of carbonyl (C=O) groups is 1. The van der Waals surface area contributed by atoms with E-state index in [1.807, 2.05) is 57.1 Å². The van der Waals surface area contributed by atoms with E-state index >= 15 is 0 Å². The molecule has 0 aliphatic carbocycles. The Labute approximate surface area is 416 Å². The molecule has 3 aromatic heterocycles. The summed E-state index contributed by atoms with van der Waals surface area (Å²) in [6, 6.07) is 8.50. The average molecular weight is 1200 g/mol. The van der Waals surface area contributed by atoms with E-state index in [9.17, 15) is 24.1 Å². The number of phosphoric acid groups is 1. The Hall–Kier alpha value is -3.72. The summed E-state index contributed by atoms with van der Waals surface area (Å²) in [5.41, 5.74) is 18.9. The van der Waals surface area contributed by atoms with Gasteiger partial charge in [-0.3, -0.25) is 23.4 Å². The molecule has 6 heterocycles. The van der Waals surface area contributed by atoms with E-state index in [-0.39, 0.29) is 77.5 Å². The average Bonchev–Trinajstić information content (AvgIpc) is 4.08. The summed E-state index contributed by atoms with van der Waals surface area (Å²) in [5.74, 6) is 0.148. The van der Waals surface area contributed by atoms with Crippen molar-refractivity contribution < 1.29 is 83.5 Å². The number of aliphatic hydroxyl groups excluding tert-OH is 2. The van der Waals surface area contributed by atoms with Gasteiger partial charge in [-0.1, -0.05) is 56.0 Å². The maximum absolute atomic E-state index is 12.3. The van der Waals surface area contributed by atoms with Crippen molar-refractivity contribution in [3.63, 3.8) is 0 Å². The quantitative estimate of drug-likeness (QED) is 0.0394. The number of aliphatic hydroxyl groups is 2. The van der Waals surface area contributed by atoms with Gasteiger partial charge in [0.1, 0.15) is 34.3 Å². The molecule has 0 spiro atoms. The summed E-state index contributed by atoms with van der Waals surface area (Å²) < 4.78 is 34.2. The standard InChI is InChI=1S/C15H16N3O2S2.C10H14N5O6P.C9H14N3O5P.C2H6O.C2H6.W/c1-17(2)12-5-3-10(4-6-12)7-13-14(20)18(15(21)22-13)8-11(16)9-19;11-8-7-9(13-3-12-8)15(4-14-7)10-6(16)1-5(21-10)2-20-22(17,18)19;10-7-3-4-12(9(13)11-7)8-2-1-6(17-8)5-16-18(14)15;1-2-3;1-2;/h3-7,11H,8,16H2,1-2H3;3-6,10,16H,1-2H2,(H2,11,12,13)(H2,17,18,19);3-4,6,8,14-15H,1-2,5H2,(H2,10,11,13);3H,2H2,1H3;1-2H3;/q-1;;;;;/b13-7+;;;;;/t;5?,6-,10?;;;;/m.1..../s1. The van der Waals surface area contributed by atoms with Crippen LogP contribution in [-0.2, 0) is 53.7 Å². The molecule has 68 heavy (non-hydrogen) atoms. The van der Waals surface area contributed by atoms with Crippen LogP contribution in [0, 0.1) is 0 Å². The van der Waals surface area contributed by atoms with Gasteiger partial charge in [-0.2, -0.15) is 4.98 Å². The summed E-state index contributed by atoms with van der Waals surface area (Å²) in [4.78, 5) is 88.5. The molecule has 25 nitrogen and oxygen atoms in total. The number of benzene rings is 1. The smallest absolute Gasteiger partial charge is 0.469 e. The van der Waals surface area contributed by atoms with Crippen molar-refractivity contribution in [2.45, 2.75) is 76.8 Å². The van der Waals surface area contributed by atoms with Crippen LogP contribution in [0.4, 0.5) is 17.3 Å². The topological polar surface area (TPSA) is 373 Å². The number of fused-ring (bicyclic) bond motifs is 1. The summed E-state index contributed by atoms with van der Waals surface area (Å²) in [6.45, 7) is 5.75. The van der Waals surface area contributed by atoms with Crippen LogP contribution in [0.15, 0.2) is 58.9 Å². The van der Waals surface area contributed by atoms with E-state index in [2.05, 4.69) is 29.0 Å².